The van der Waals surface area contributed by atoms with E-state index in [-0.39, 0.29) is 12.5 Å². The molecular weight excluding hydrogens is 346 g/mol. The number of hydrogen-bond donors (Lipinski definition) is 0. The van der Waals surface area contributed by atoms with Crippen LogP contribution < -0.4 is 4.74 Å². The first-order chi connectivity index (χ1) is 10.5. The van der Waals surface area contributed by atoms with Gasteiger partial charge < -0.3 is 9.64 Å². The van der Waals surface area contributed by atoms with E-state index in [1.165, 1.54) is 0 Å². The van der Waals surface area contributed by atoms with Crippen LogP contribution in [-0.2, 0) is 17.9 Å². The number of aryl methyl sites for hydroxylation is 2. The molecule has 0 atom stereocenters. The number of carbonyl (C=O) groups excluding carboxylic acids is 1. The number of nitrogens with zero attached hydrogens (tertiary/aromatic N) is 3. The minimum absolute atomic E-state index is 0.0270. The summed E-state index contributed by atoms with van der Waals surface area (Å²) in [4.78, 5) is 13.9. The number of benzene rings is 1. The molecule has 1 amide bonds. The smallest absolute Gasteiger partial charge is 0.260 e. The highest BCUT2D eigenvalue weighted by atomic mass is 79.9. The predicted octanol–water partition coefficient (Wildman–Crippen LogP) is 3.01. The fourth-order valence-corrected chi connectivity index (χ4v) is 2.52. The normalized spacial score (nSPS) is 10.5. The molecule has 0 aliphatic rings. The lowest BCUT2D eigenvalue weighted by Gasteiger charge is -2.19. The van der Waals surface area contributed by atoms with Crippen LogP contribution in [0.3, 0.4) is 0 Å². The number of aromatic nitrogens is 2. The summed E-state index contributed by atoms with van der Waals surface area (Å²) in [6.45, 7) is 5.26. The van der Waals surface area contributed by atoms with Gasteiger partial charge in [0.25, 0.3) is 5.91 Å². The third kappa shape index (κ3) is 3.88. The Morgan fingerprint density at radius 3 is 2.82 bits per heavy atom. The number of amides is 1. The summed E-state index contributed by atoms with van der Waals surface area (Å²) in [6, 6.07) is 7.67. The van der Waals surface area contributed by atoms with Gasteiger partial charge in [-0.1, -0.05) is 18.2 Å². The van der Waals surface area contributed by atoms with Gasteiger partial charge in [0.1, 0.15) is 5.75 Å². The van der Waals surface area contributed by atoms with Gasteiger partial charge >= 0.3 is 0 Å². The Kier molecular flexibility index (Phi) is 5.60. The Bertz CT molecular complexity index is 655. The molecule has 0 spiro atoms. The zero-order valence-corrected chi connectivity index (χ0v) is 14.6. The van der Waals surface area contributed by atoms with E-state index in [1.54, 1.807) is 18.1 Å². The molecule has 5 nitrogen and oxygen atoms in total. The van der Waals surface area contributed by atoms with Gasteiger partial charge in [0, 0.05) is 13.6 Å². The van der Waals surface area contributed by atoms with Gasteiger partial charge in [-0.2, -0.15) is 5.10 Å². The number of ether oxygens (including phenoxy) is 1. The fraction of sp³-hybridized carbons (Fsp3) is 0.375. The van der Waals surface area contributed by atoms with E-state index in [2.05, 4.69) is 21.0 Å². The SMILES string of the molecule is CCn1ncc(Br)c1CN(C)C(=O)COc1ccccc1C. The van der Waals surface area contributed by atoms with E-state index in [0.717, 1.165) is 28.0 Å². The van der Waals surface area contributed by atoms with Crippen molar-refractivity contribution in [1.29, 1.82) is 0 Å². The van der Waals surface area contributed by atoms with Crippen molar-refractivity contribution < 1.29 is 9.53 Å². The van der Waals surface area contributed by atoms with Gasteiger partial charge in [0.15, 0.2) is 6.61 Å². The van der Waals surface area contributed by atoms with Gasteiger partial charge in [-0.25, -0.2) is 0 Å². The van der Waals surface area contributed by atoms with E-state index in [9.17, 15) is 4.79 Å². The standard InChI is InChI=1S/C16H20BrN3O2/c1-4-20-14(13(17)9-18-20)10-19(3)16(21)11-22-15-8-6-5-7-12(15)2/h5-9H,4,10-11H2,1-3H3. The van der Waals surface area contributed by atoms with Gasteiger partial charge in [0.05, 0.1) is 22.9 Å². The van der Waals surface area contributed by atoms with Crippen molar-refractivity contribution in [3.05, 3.63) is 46.2 Å². The van der Waals surface area contributed by atoms with Crippen LogP contribution in [0.5, 0.6) is 5.75 Å². The van der Waals surface area contributed by atoms with E-state index in [0.29, 0.717) is 6.54 Å². The molecule has 118 valence electrons. The maximum atomic E-state index is 12.2. The summed E-state index contributed by atoms with van der Waals surface area (Å²) in [6.07, 6.45) is 1.75. The predicted molar refractivity (Wildman–Crippen MR) is 88.7 cm³/mol. The summed E-state index contributed by atoms with van der Waals surface area (Å²) in [7, 11) is 1.77. The molecule has 22 heavy (non-hydrogen) atoms. The second-order valence-corrected chi connectivity index (χ2v) is 5.91. The molecule has 0 N–H and O–H groups in total. The quantitative estimate of drug-likeness (QED) is 0.790. The largest absolute Gasteiger partial charge is 0.484 e. The average Bonchev–Trinajstić information content (AvgIpc) is 2.86. The summed E-state index contributed by atoms with van der Waals surface area (Å²) >= 11 is 3.47. The van der Waals surface area contributed by atoms with Crippen molar-refractivity contribution >= 4 is 21.8 Å². The lowest BCUT2D eigenvalue weighted by Crippen LogP contribution is -2.32. The molecule has 0 radical (unpaired) electrons. The van der Waals surface area contributed by atoms with Crippen LogP contribution in [0.25, 0.3) is 0 Å². The summed E-state index contributed by atoms with van der Waals surface area (Å²) in [5.41, 5.74) is 2.00. The maximum absolute atomic E-state index is 12.2. The van der Waals surface area contributed by atoms with Crippen molar-refractivity contribution in [2.24, 2.45) is 0 Å². The third-order valence-corrected chi connectivity index (χ3v) is 4.12. The molecule has 1 heterocycles. The van der Waals surface area contributed by atoms with E-state index >= 15 is 0 Å². The van der Waals surface area contributed by atoms with Crippen molar-refractivity contribution in [3.63, 3.8) is 0 Å². The molecule has 6 heteroatoms. The van der Waals surface area contributed by atoms with Gasteiger partial charge in [-0.05, 0) is 41.4 Å². The number of likely N-dealkylation sites (N-methyl/N-ethyl adjacent to an activating group) is 1. The molecule has 1 aromatic heterocycles. The molecule has 0 unspecified atom stereocenters. The number of para-hydroxylation sites is 1. The zero-order chi connectivity index (χ0) is 16.1. The molecule has 0 aliphatic heterocycles. The number of hydrogen-bond acceptors (Lipinski definition) is 3. The molecule has 1 aromatic carbocycles. The Labute approximate surface area is 139 Å². The molecule has 0 aliphatic carbocycles. The molecule has 0 fully saturated rings. The Morgan fingerprint density at radius 2 is 2.14 bits per heavy atom. The van der Waals surface area contributed by atoms with Crippen LogP contribution in [0.1, 0.15) is 18.2 Å². The van der Waals surface area contributed by atoms with Crippen molar-refractivity contribution in [2.75, 3.05) is 13.7 Å². The lowest BCUT2D eigenvalue weighted by atomic mass is 10.2. The Hall–Kier alpha value is -1.82. The van der Waals surface area contributed by atoms with Gasteiger partial charge in [-0.3, -0.25) is 9.48 Å². The van der Waals surface area contributed by atoms with Crippen LogP contribution in [0, 0.1) is 6.92 Å². The zero-order valence-electron chi connectivity index (χ0n) is 13.0. The van der Waals surface area contributed by atoms with Crippen molar-refractivity contribution in [3.8, 4) is 5.75 Å². The lowest BCUT2D eigenvalue weighted by molar-refractivity contribution is -0.132. The molecule has 2 aromatic rings. The second-order valence-electron chi connectivity index (χ2n) is 5.06. The van der Waals surface area contributed by atoms with Crippen LogP contribution in [0.2, 0.25) is 0 Å². The monoisotopic (exact) mass is 365 g/mol. The van der Waals surface area contributed by atoms with Crippen LogP contribution in [0.15, 0.2) is 34.9 Å². The first kappa shape index (κ1) is 16.5. The first-order valence-electron chi connectivity index (χ1n) is 7.15. The highest BCUT2D eigenvalue weighted by Gasteiger charge is 2.15. The van der Waals surface area contributed by atoms with Crippen LogP contribution >= 0.6 is 15.9 Å². The fourth-order valence-electron chi connectivity index (χ4n) is 2.10. The number of carbonyl (C=O) groups is 1. The highest BCUT2D eigenvalue weighted by molar-refractivity contribution is 9.10. The minimum Gasteiger partial charge on any atom is -0.484 e. The van der Waals surface area contributed by atoms with Gasteiger partial charge in [-0.15, -0.1) is 0 Å². The van der Waals surface area contributed by atoms with Crippen LogP contribution in [-0.4, -0.2) is 34.2 Å². The summed E-state index contributed by atoms with van der Waals surface area (Å²) < 4.78 is 8.38. The summed E-state index contributed by atoms with van der Waals surface area (Å²) in [5.74, 6) is 0.669. The molecule has 2 rings (SSSR count). The molecule has 0 bridgehead atoms. The Morgan fingerprint density at radius 1 is 1.41 bits per heavy atom. The maximum Gasteiger partial charge on any atom is 0.260 e. The van der Waals surface area contributed by atoms with Gasteiger partial charge in [0.2, 0.25) is 0 Å². The van der Waals surface area contributed by atoms with Crippen LogP contribution in [0.4, 0.5) is 0 Å². The first-order valence-corrected chi connectivity index (χ1v) is 7.94. The third-order valence-electron chi connectivity index (χ3n) is 3.45. The Balaban J connectivity index is 1.95. The molecule has 0 saturated heterocycles. The topological polar surface area (TPSA) is 47.4 Å². The number of rotatable bonds is 6. The highest BCUT2D eigenvalue weighted by Crippen LogP contribution is 2.18. The van der Waals surface area contributed by atoms with Crippen molar-refractivity contribution in [1.82, 2.24) is 14.7 Å². The molecule has 0 saturated carbocycles. The van der Waals surface area contributed by atoms with E-state index in [1.807, 2.05) is 42.8 Å². The molecular formula is C16H20BrN3O2. The summed E-state index contributed by atoms with van der Waals surface area (Å²) in [5, 5.41) is 4.25. The minimum atomic E-state index is -0.0704. The van der Waals surface area contributed by atoms with E-state index < -0.39 is 0 Å². The second kappa shape index (κ2) is 7.45. The van der Waals surface area contributed by atoms with E-state index in [4.69, 9.17) is 4.74 Å². The number of halogens is 1. The average molecular weight is 366 g/mol. The van der Waals surface area contributed by atoms with Crippen molar-refractivity contribution in [2.45, 2.75) is 26.9 Å².